The molecule has 8 heteroatoms. The number of carbonyl (C=O) groups is 3. The Kier molecular flexibility index (Phi) is 6.39. The minimum absolute atomic E-state index is 0.143. The molecule has 2 aromatic carbocycles. The number of nitrogens with zero attached hydrogens (tertiary/aromatic N) is 1. The number of amides is 2. The normalized spacial score (nSPS) is 16.9. The Bertz CT molecular complexity index is 916. The van der Waals surface area contributed by atoms with Gasteiger partial charge >= 0.3 is 5.97 Å². The Balaban J connectivity index is 1.64. The molecule has 0 unspecified atom stereocenters. The van der Waals surface area contributed by atoms with Gasteiger partial charge in [-0.05, 0) is 50.2 Å². The summed E-state index contributed by atoms with van der Waals surface area (Å²) in [5.74, 6) is -0.807. The molecule has 0 fully saturated rings. The van der Waals surface area contributed by atoms with E-state index in [1.54, 1.807) is 55.5 Å². The first kappa shape index (κ1) is 20.7. The van der Waals surface area contributed by atoms with Gasteiger partial charge in [0.15, 0.2) is 12.7 Å². The van der Waals surface area contributed by atoms with Crippen molar-refractivity contribution in [2.45, 2.75) is 32.4 Å². The predicted octanol–water partition coefficient (Wildman–Crippen LogP) is 3.41. The van der Waals surface area contributed by atoms with Gasteiger partial charge in [0.05, 0.1) is 11.4 Å². The monoisotopic (exact) mass is 416 g/mol. The van der Waals surface area contributed by atoms with E-state index in [1.165, 1.54) is 11.8 Å². The summed E-state index contributed by atoms with van der Waals surface area (Å²) in [4.78, 5) is 38.5. The predicted molar refractivity (Wildman–Crippen MR) is 109 cm³/mol. The molecule has 2 aromatic rings. The number of esters is 1. The zero-order valence-electron chi connectivity index (χ0n) is 16.1. The molecule has 0 spiro atoms. The highest BCUT2D eigenvalue weighted by Gasteiger charge is 2.30. The number of anilines is 2. The van der Waals surface area contributed by atoms with E-state index in [-0.39, 0.29) is 18.4 Å². The van der Waals surface area contributed by atoms with Crippen LogP contribution in [0.1, 0.15) is 20.3 Å². The Hall–Kier alpha value is -3.06. The third kappa shape index (κ3) is 5.06. The van der Waals surface area contributed by atoms with Crippen LogP contribution in [-0.2, 0) is 19.1 Å². The molecular formula is C21H21ClN2O5. The van der Waals surface area contributed by atoms with Crippen LogP contribution in [0.3, 0.4) is 0 Å². The molecule has 2 amide bonds. The van der Waals surface area contributed by atoms with Crippen molar-refractivity contribution in [1.82, 2.24) is 0 Å². The van der Waals surface area contributed by atoms with Crippen LogP contribution < -0.4 is 15.0 Å². The van der Waals surface area contributed by atoms with Crippen molar-refractivity contribution < 1.29 is 23.9 Å². The quantitative estimate of drug-likeness (QED) is 0.755. The van der Waals surface area contributed by atoms with E-state index in [0.717, 1.165) is 0 Å². The molecule has 3 rings (SSSR count). The van der Waals surface area contributed by atoms with Gasteiger partial charge in [0.25, 0.3) is 5.91 Å². The van der Waals surface area contributed by atoms with E-state index in [4.69, 9.17) is 21.1 Å². The third-order valence-corrected chi connectivity index (χ3v) is 4.68. The van der Waals surface area contributed by atoms with E-state index < -0.39 is 24.6 Å². The van der Waals surface area contributed by atoms with Crippen molar-refractivity contribution in [2.24, 2.45) is 0 Å². The van der Waals surface area contributed by atoms with Gasteiger partial charge in [0.1, 0.15) is 5.75 Å². The number of hydrogen-bond donors (Lipinski definition) is 1. The Morgan fingerprint density at radius 3 is 2.62 bits per heavy atom. The van der Waals surface area contributed by atoms with Crippen LogP contribution in [0.2, 0.25) is 5.02 Å². The first-order chi connectivity index (χ1) is 13.8. The fourth-order valence-corrected chi connectivity index (χ4v) is 3.18. The van der Waals surface area contributed by atoms with Gasteiger partial charge in [0.2, 0.25) is 5.91 Å². The maximum Gasteiger partial charge on any atom is 0.347 e. The molecule has 0 aliphatic carbocycles. The molecule has 1 aliphatic heterocycles. The highest BCUT2D eigenvalue weighted by atomic mass is 35.5. The van der Waals surface area contributed by atoms with E-state index in [0.29, 0.717) is 22.1 Å². The van der Waals surface area contributed by atoms with E-state index in [1.807, 2.05) is 0 Å². The van der Waals surface area contributed by atoms with Crippen LogP contribution in [-0.4, -0.2) is 36.5 Å². The van der Waals surface area contributed by atoms with Gasteiger partial charge in [-0.1, -0.05) is 23.7 Å². The molecule has 7 nitrogen and oxygen atoms in total. The van der Waals surface area contributed by atoms with Gasteiger partial charge in [0, 0.05) is 17.5 Å². The summed E-state index contributed by atoms with van der Waals surface area (Å²) in [6.45, 7) is 2.85. The van der Waals surface area contributed by atoms with Crippen LogP contribution in [0.25, 0.3) is 0 Å². The molecule has 1 N–H and O–H groups in total. The van der Waals surface area contributed by atoms with Crippen LogP contribution in [0.5, 0.6) is 5.75 Å². The summed E-state index contributed by atoms with van der Waals surface area (Å²) in [6, 6.07) is 13.2. The van der Waals surface area contributed by atoms with Crippen molar-refractivity contribution in [1.29, 1.82) is 0 Å². The molecule has 0 aromatic heterocycles. The van der Waals surface area contributed by atoms with Gasteiger partial charge in [-0.15, -0.1) is 0 Å². The average molecular weight is 417 g/mol. The molecule has 1 heterocycles. The number of benzene rings is 2. The van der Waals surface area contributed by atoms with Gasteiger partial charge in [-0.2, -0.15) is 0 Å². The number of nitrogens with one attached hydrogen (secondary N) is 1. The summed E-state index contributed by atoms with van der Waals surface area (Å²) in [5.41, 5.74) is 1.11. The second-order valence-electron chi connectivity index (χ2n) is 6.70. The summed E-state index contributed by atoms with van der Waals surface area (Å²) < 4.78 is 10.7. The molecule has 29 heavy (non-hydrogen) atoms. The zero-order chi connectivity index (χ0) is 21.0. The van der Waals surface area contributed by atoms with Crippen LogP contribution >= 0.6 is 11.6 Å². The maximum atomic E-state index is 12.8. The molecule has 1 aliphatic rings. The van der Waals surface area contributed by atoms with Gasteiger partial charge in [-0.25, -0.2) is 4.79 Å². The average Bonchev–Trinajstić information content (AvgIpc) is 2.81. The first-order valence-electron chi connectivity index (χ1n) is 9.15. The lowest BCUT2D eigenvalue weighted by Gasteiger charge is -2.27. The molecular weight excluding hydrogens is 396 g/mol. The summed E-state index contributed by atoms with van der Waals surface area (Å²) >= 11 is 5.82. The molecule has 2 atom stereocenters. The molecule has 0 saturated carbocycles. The van der Waals surface area contributed by atoms with Crippen LogP contribution in [0, 0.1) is 0 Å². The summed E-state index contributed by atoms with van der Waals surface area (Å²) in [6.07, 6.45) is -0.758. The second kappa shape index (κ2) is 8.96. The molecule has 0 radical (unpaired) electrons. The van der Waals surface area contributed by atoms with Crippen molar-refractivity contribution in [2.75, 3.05) is 16.8 Å². The van der Waals surface area contributed by atoms with E-state index >= 15 is 0 Å². The first-order valence-corrected chi connectivity index (χ1v) is 9.52. The van der Waals surface area contributed by atoms with Crippen molar-refractivity contribution >= 4 is 40.8 Å². The fraction of sp³-hybridized carbons (Fsp3) is 0.286. The van der Waals surface area contributed by atoms with E-state index in [2.05, 4.69) is 5.32 Å². The maximum absolute atomic E-state index is 12.8. The summed E-state index contributed by atoms with van der Waals surface area (Å²) in [7, 11) is 0. The molecule has 0 saturated heterocycles. The van der Waals surface area contributed by atoms with Crippen LogP contribution in [0.15, 0.2) is 48.5 Å². The second-order valence-corrected chi connectivity index (χ2v) is 7.14. The number of halogens is 1. The van der Waals surface area contributed by atoms with Crippen molar-refractivity contribution in [3.05, 3.63) is 53.6 Å². The minimum atomic E-state index is -0.902. The highest BCUT2D eigenvalue weighted by molar-refractivity contribution is 6.30. The van der Waals surface area contributed by atoms with Crippen LogP contribution in [0.4, 0.5) is 11.4 Å². The summed E-state index contributed by atoms with van der Waals surface area (Å²) in [5, 5.41) is 3.34. The minimum Gasteiger partial charge on any atom is -0.479 e. The molecule has 152 valence electrons. The Morgan fingerprint density at radius 2 is 1.90 bits per heavy atom. The standard InChI is InChI=1S/C21H21ClN2O5/c1-13-11-19(25)23-17-5-3-4-6-18(17)24(13)20(26)12-28-21(27)14(2)29-16-9-7-15(22)8-10-16/h3-10,13-14H,11-12H2,1-2H3,(H,23,25)/t13-,14+/m0/s1. The number of carbonyl (C=O) groups excluding carboxylic acids is 3. The van der Waals surface area contributed by atoms with Gasteiger partial charge in [-0.3, -0.25) is 9.59 Å². The third-order valence-electron chi connectivity index (χ3n) is 4.42. The Morgan fingerprint density at radius 1 is 1.21 bits per heavy atom. The lowest BCUT2D eigenvalue weighted by molar-refractivity contribution is -0.154. The number of fused-ring (bicyclic) bond motifs is 1. The SMILES string of the molecule is C[C@@H](Oc1ccc(Cl)cc1)C(=O)OCC(=O)N1c2ccccc2NC(=O)C[C@@H]1C. The topological polar surface area (TPSA) is 84.9 Å². The highest BCUT2D eigenvalue weighted by Crippen LogP contribution is 2.31. The Labute approximate surface area is 173 Å². The number of para-hydroxylation sites is 2. The lowest BCUT2D eigenvalue weighted by Crippen LogP contribution is -2.42. The van der Waals surface area contributed by atoms with E-state index in [9.17, 15) is 14.4 Å². The van der Waals surface area contributed by atoms with Crippen molar-refractivity contribution in [3.63, 3.8) is 0 Å². The zero-order valence-corrected chi connectivity index (χ0v) is 16.8. The van der Waals surface area contributed by atoms with Crippen molar-refractivity contribution in [3.8, 4) is 5.75 Å². The number of ether oxygens (including phenoxy) is 2. The fourth-order valence-electron chi connectivity index (χ4n) is 3.05. The smallest absolute Gasteiger partial charge is 0.347 e. The van der Waals surface area contributed by atoms with Gasteiger partial charge < -0.3 is 19.7 Å². The largest absolute Gasteiger partial charge is 0.479 e. The molecule has 0 bridgehead atoms. The lowest BCUT2D eigenvalue weighted by atomic mass is 10.1. The number of hydrogen-bond acceptors (Lipinski definition) is 5. The number of rotatable bonds is 5.